The molecule has 4 aliphatic rings. The lowest BCUT2D eigenvalue weighted by Crippen LogP contribution is -2.47. The molecular formula is C14H22O2S. The summed E-state index contributed by atoms with van der Waals surface area (Å²) in [5, 5.41) is 0. The quantitative estimate of drug-likeness (QED) is 0.616. The van der Waals surface area contributed by atoms with E-state index >= 15 is 0 Å². The topological polar surface area (TPSA) is 26.3 Å². The summed E-state index contributed by atoms with van der Waals surface area (Å²) in [6.07, 6.45) is 8.84. The molecule has 4 aliphatic carbocycles. The minimum absolute atomic E-state index is 0.0148. The summed E-state index contributed by atoms with van der Waals surface area (Å²) in [5.41, 5.74) is 0.322. The number of hydrogen-bond donors (Lipinski definition) is 1. The first-order chi connectivity index (χ1) is 8.19. The SMILES string of the molecule is O=C(CC12CC3CC(CC(C3)C1)C2)OCCS. The number of rotatable bonds is 4. The van der Waals surface area contributed by atoms with Gasteiger partial charge in [-0.3, -0.25) is 4.79 Å². The molecule has 0 heterocycles. The summed E-state index contributed by atoms with van der Waals surface area (Å²) in [6.45, 7) is 0.467. The van der Waals surface area contributed by atoms with Crippen molar-refractivity contribution in [3.05, 3.63) is 0 Å². The zero-order valence-electron chi connectivity index (χ0n) is 10.4. The fourth-order valence-electron chi connectivity index (χ4n) is 5.02. The van der Waals surface area contributed by atoms with Crippen LogP contribution in [0.1, 0.15) is 44.9 Å². The minimum Gasteiger partial charge on any atom is -0.465 e. The average Bonchev–Trinajstić information content (AvgIpc) is 2.23. The van der Waals surface area contributed by atoms with Crippen LogP contribution in [0.2, 0.25) is 0 Å². The van der Waals surface area contributed by atoms with Gasteiger partial charge in [0.25, 0.3) is 0 Å². The van der Waals surface area contributed by atoms with Crippen LogP contribution in [-0.2, 0) is 9.53 Å². The first-order valence-electron chi connectivity index (χ1n) is 6.96. The van der Waals surface area contributed by atoms with E-state index in [9.17, 15) is 4.79 Å². The van der Waals surface area contributed by atoms with Crippen molar-refractivity contribution in [1.82, 2.24) is 0 Å². The molecular weight excluding hydrogens is 232 g/mol. The lowest BCUT2D eigenvalue weighted by Gasteiger charge is -2.56. The Labute approximate surface area is 109 Å². The van der Waals surface area contributed by atoms with E-state index < -0.39 is 0 Å². The van der Waals surface area contributed by atoms with E-state index in [-0.39, 0.29) is 5.97 Å². The zero-order chi connectivity index (χ0) is 11.9. The average molecular weight is 254 g/mol. The fraction of sp³-hybridized carbons (Fsp3) is 0.929. The van der Waals surface area contributed by atoms with Crippen LogP contribution >= 0.6 is 12.6 Å². The van der Waals surface area contributed by atoms with E-state index in [1.54, 1.807) is 0 Å². The second-order valence-electron chi connectivity index (χ2n) is 6.54. The Morgan fingerprint density at radius 3 is 2.12 bits per heavy atom. The van der Waals surface area contributed by atoms with Gasteiger partial charge >= 0.3 is 5.97 Å². The number of carbonyl (C=O) groups excluding carboxylic acids is 1. The Kier molecular flexibility index (Phi) is 3.14. The van der Waals surface area contributed by atoms with Crippen molar-refractivity contribution in [1.29, 1.82) is 0 Å². The van der Waals surface area contributed by atoms with E-state index in [0.29, 0.717) is 24.2 Å². The Morgan fingerprint density at radius 1 is 1.12 bits per heavy atom. The Balaban J connectivity index is 1.64. The van der Waals surface area contributed by atoms with Crippen molar-refractivity contribution in [2.45, 2.75) is 44.9 Å². The summed E-state index contributed by atoms with van der Waals surface area (Å²) in [7, 11) is 0. The number of carbonyl (C=O) groups is 1. The van der Waals surface area contributed by atoms with Crippen molar-refractivity contribution in [3.63, 3.8) is 0 Å². The molecule has 4 fully saturated rings. The normalized spacial score (nSPS) is 42.8. The molecule has 4 bridgehead atoms. The predicted molar refractivity (Wildman–Crippen MR) is 70.0 cm³/mol. The van der Waals surface area contributed by atoms with E-state index in [1.165, 1.54) is 38.5 Å². The van der Waals surface area contributed by atoms with Gasteiger partial charge < -0.3 is 4.74 Å². The number of thiol groups is 1. The molecule has 2 nitrogen and oxygen atoms in total. The Bertz CT molecular complexity index is 278. The first kappa shape index (κ1) is 11.9. The molecule has 0 radical (unpaired) electrons. The molecule has 0 saturated heterocycles. The second kappa shape index (κ2) is 4.49. The van der Waals surface area contributed by atoms with Gasteiger partial charge in [-0.05, 0) is 61.7 Å². The monoisotopic (exact) mass is 254 g/mol. The van der Waals surface area contributed by atoms with E-state index in [4.69, 9.17) is 4.74 Å². The number of esters is 1. The highest BCUT2D eigenvalue weighted by Crippen LogP contribution is 2.61. The van der Waals surface area contributed by atoms with Gasteiger partial charge in [0, 0.05) is 5.75 Å². The lowest BCUT2D eigenvalue weighted by atomic mass is 9.49. The fourth-order valence-corrected chi connectivity index (χ4v) is 5.11. The van der Waals surface area contributed by atoms with Crippen molar-refractivity contribution < 1.29 is 9.53 Å². The smallest absolute Gasteiger partial charge is 0.306 e. The van der Waals surface area contributed by atoms with Crippen LogP contribution in [0.15, 0.2) is 0 Å². The van der Waals surface area contributed by atoms with E-state index in [2.05, 4.69) is 12.6 Å². The van der Waals surface area contributed by atoms with Crippen LogP contribution < -0.4 is 0 Å². The van der Waals surface area contributed by atoms with Crippen LogP contribution in [0.5, 0.6) is 0 Å². The van der Waals surface area contributed by atoms with Gasteiger partial charge in [-0.15, -0.1) is 0 Å². The third-order valence-electron chi connectivity index (χ3n) is 5.04. The molecule has 4 rings (SSSR count). The lowest BCUT2D eigenvalue weighted by molar-refractivity contribution is -0.151. The molecule has 0 aromatic rings. The third kappa shape index (κ3) is 2.35. The van der Waals surface area contributed by atoms with Crippen molar-refractivity contribution in [3.8, 4) is 0 Å². The highest BCUT2D eigenvalue weighted by Gasteiger charge is 2.51. The summed E-state index contributed by atoms with van der Waals surface area (Å²) >= 11 is 4.07. The third-order valence-corrected chi connectivity index (χ3v) is 5.22. The molecule has 17 heavy (non-hydrogen) atoms. The van der Waals surface area contributed by atoms with Gasteiger partial charge in [-0.1, -0.05) is 0 Å². The Hall–Kier alpha value is -0.180. The van der Waals surface area contributed by atoms with Gasteiger partial charge in [0.1, 0.15) is 6.61 Å². The van der Waals surface area contributed by atoms with Crippen molar-refractivity contribution in [2.24, 2.45) is 23.2 Å². The maximum absolute atomic E-state index is 11.8. The van der Waals surface area contributed by atoms with Crippen molar-refractivity contribution in [2.75, 3.05) is 12.4 Å². The first-order valence-corrected chi connectivity index (χ1v) is 7.59. The standard InChI is InChI=1S/C14H22O2S/c15-13(16-1-2-17)9-14-6-10-3-11(7-14)5-12(4-10)8-14/h10-12,17H,1-9H2. The van der Waals surface area contributed by atoms with E-state index in [0.717, 1.165) is 17.8 Å². The van der Waals surface area contributed by atoms with Crippen molar-refractivity contribution >= 4 is 18.6 Å². The summed E-state index contributed by atoms with van der Waals surface area (Å²) in [4.78, 5) is 11.8. The molecule has 0 spiro atoms. The molecule has 0 amide bonds. The molecule has 4 saturated carbocycles. The largest absolute Gasteiger partial charge is 0.465 e. The molecule has 0 aliphatic heterocycles. The predicted octanol–water partition coefficient (Wildman–Crippen LogP) is 3.07. The van der Waals surface area contributed by atoms with Gasteiger partial charge in [0.2, 0.25) is 0 Å². The van der Waals surface area contributed by atoms with E-state index in [1.807, 2.05) is 0 Å². The molecule has 0 atom stereocenters. The van der Waals surface area contributed by atoms with Gasteiger partial charge in [0.15, 0.2) is 0 Å². The molecule has 0 N–H and O–H groups in total. The van der Waals surface area contributed by atoms with Crippen LogP contribution in [0, 0.1) is 23.2 Å². The second-order valence-corrected chi connectivity index (χ2v) is 6.99. The molecule has 0 aromatic heterocycles. The zero-order valence-corrected chi connectivity index (χ0v) is 11.3. The van der Waals surface area contributed by atoms with Crippen LogP contribution in [0.4, 0.5) is 0 Å². The van der Waals surface area contributed by atoms with Gasteiger partial charge in [0.05, 0.1) is 6.42 Å². The number of hydrogen-bond acceptors (Lipinski definition) is 3. The summed E-state index contributed by atoms with van der Waals surface area (Å²) in [5.74, 6) is 3.39. The van der Waals surface area contributed by atoms with Crippen LogP contribution in [0.25, 0.3) is 0 Å². The molecule has 96 valence electrons. The summed E-state index contributed by atoms with van der Waals surface area (Å²) in [6, 6.07) is 0. The molecule has 3 heteroatoms. The Morgan fingerprint density at radius 2 is 1.65 bits per heavy atom. The number of ether oxygens (including phenoxy) is 1. The maximum Gasteiger partial charge on any atom is 0.306 e. The van der Waals surface area contributed by atoms with Crippen LogP contribution in [0.3, 0.4) is 0 Å². The maximum atomic E-state index is 11.8. The molecule has 0 aromatic carbocycles. The minimum atomic E-state index is 0.0148. The van der Waals surface area contributed by atoms with Crippen LogP contribution in [-0.4, -0.2) is 18.3 Å². The summed E-state index contributed by atoms with van der Waals surface area (Å²) < 4.78 is 5.21. The molecule has 0 unspecified atom stereocenters. The highest BCUT2D eigenvalue weighted by atomic mass is 32.1. The highest BCUT2D eigenvalue weighted by molar-refractivity contribution is 7.80. The van der Waals surface area contributed by atoms with Gasteiger partial charge in [-0.25, -0.2) is 0 Å². The van der Waals surface area contributed by atoms with Gasteiger partial charge in [-0.2, -0.15) is 12.6 Å².